The van der Waals surface area contributed by atoms with Crippen LogP contribution in [0.4, 0.5) is 10.1 Å². The molecule has 2 aromatic rings. The smallest absolute Gasteiger partial charge is 0.296 e. The first-order valence-corrected chi connectivity index (χ1v) is 6.67. The third kappa shape index (κ3) is 2.12. The number of para-hydroxylation sites is 1. The summed E-state index contributed by atoms with van der Waals surface area (Å²) < 4.78 is 15.7. The second-order valence-corrected chi connectivity index (χ2v) is 5.24. The summed E-state index contributed by atoms with van der Waals surface area (Å²) in [6.45, 7) is 4.05. The van der Waals surface area contributed by atoms with Crippen LogP contribution in [0.5, 0.6) is 0 Å². The van der Waals surface area contributed by atoms with Gasteiger partial charge in [-0.15, -0.1) is 0 Å². The summed E-state index contributed by atoms with van der Waals surface area (Å²) in [5, 5.41) is 4.32. The fourth-order valence-electron chi connectivity index (χ4n) is 2.37. The molecule has 1 aromatic carbocycles. The van der Waals surface area contributed by atoms with E-state index in [2.05, 4.69) is 5.10 Å². The average Bonchev–Trinajstić information content (AvgIpc) is 3.00. The number of Topliss-reactive ketones (excluding diaryl/α,β-unsaturated/α-hetero) is 1. The van der Waals surface area contributed by atoms with Gasteiger partial charge in [-0.05, 0) is 32.0 Å². The third-order valence-electron chi connectivity index (χ3n) is 3.45. The summed E-state index contributed by atoms with van der Waals surface area (Å²) in [6, 6.07) is 6.08. The molecule has 0 N–H and O–H groups in total. The molecule has 0 saturated carbocycles. The lowest BCUT2D eigenvalue weighted by atomic mass is 10.1. The second kappa shape index (κ2) is 4.80. The molecule has 21 heavy (non-hydrogen) atoms. The van der Waals surface area contributed by atoms with E-state index in [9.17, 15) is 14.0 Å². The second-order valence-electron chi connectivity index (χ2n) is 5.24. The minimum Gasteiger partial charge on any atom is -0.296 e. The zero-order chi connectivity index (χ0) is 15.1. The molecule has 2 heterocycles. The van der Waals surface area contributed by atoms with E-state index in [4.69, 9.17) is 0 Å². The van der Waals surface area contributed by atoms with Gasteiger partial charge in [0.05, 0.1) is 23.5 Å². The molecule has 0 bridgehead atoms. The van der Waals surface area contributed by atoms with Gasteiger partial charge in [0, 0.05) is 12.2 Å². The molecule has 0 radical (unpaired) electrons. The van der Waals surface area contributed by atoms with Gasteiger partial charge in [0.15, 0.2) is 0 Å². The summed E-state index contributed by atoms with van der Waals surface area (Å²) in [6.07, 6.45) is 1.80. The predicted octanol–water partition coefficient (Wildman–Crippen LogP) is 2.33. The van der Waals surface area contributed by atoms with Crippen LogP contribution in [0.3, 0.4) is 0 Å². The number of amides is 1. The van der Waals surface area contributed by atoms with Gasteiger partial charge >= 0.3 is 0 Å². The van der Waals surface area contributed by atoms with E-state index >= 15 is 0 Å². The van der Waals surface area contributed by atoms with Crippen LogP contribution < -0.4 is 4.90 Å². The van der Waals surface area contributed by atoms with Gasteiger partial charge in [0.2, 0.25) is 0 Å². The molecule has 5 nitrogen and oxygen atoms in total. The van der Waals surface area contributed by atoms with Crippen LogP contribution in [0.15, 0.2) is 30.5 Å². The maximum absolute atomic E-state index is 14.0. The van der Waals surface area contributed by atoms with E-state index in [1.807, 2.05) is 13.8 Å². The highest BCUT2D eigenvalue weighted by Gasteiger charge is 2.38. The number of benzene rings is 1. The predicted molar refractivity (Wildman–Crippen MR) is 74.5 cm³/mol. The highest BCUT2D eigenvalue weighted by atomic mass is 19.1. The summed E-state index contributed by atoms with van der Waals surface area (Å²) in [5.74, 6) is -1.96. The topological polar surface area (TPSA) is 55.2 Å². The number of ketones is 1. The number of hydrogen-bond acceptors (Lipinski definition) is 3. The normalized spacial score (nSPS) is 14.2. The largest absolute Gasteiger partial charge is 0.299 e. The fourth-order valence-corrected chi connectivity index (χ4v) is 2.37. The number of rotatable bonds is 3. The molecule has 0 unspecified atom stereocenters. The van der Waals surface area contributed by atoms with Crippen molar-refractivity contribution in [2.24, 2.45) is 0 Å². The number of fused-ring (bicyclic) bond motifs is 1. The van der Waals surface area contributed by atoms with Crippen LogP contribution in [-0.2, 0) is 11.3 Å². The van der Waals surface area contributed by atoms with E-state index < -0.39 is 17.5 Å². The number of halogens is 1. The molecular weight excluding hydrogens is 273 g/mol. The Morgan fingerprint density at radius 3 is 2.67 bits per heavy atom. The van der Waals surface area contributed by atoms with Crippen LogP contribution in [0.2, 0.25) is 0 Å². The van der Waals surface area contributed by atoms with E-state index in [-0.39, 0.29) is 23.8 Å². The molecule has 1 amide bonds. The monoisotopic (exact) mass is 287 g/mol. The van der Waals surface area contributed by atoms with Crippen molar-refractivity contribution < 1.29 is 14.0 Å². The maximum atomic E-state index is 14.0. The quantitative estimate of drug-likeness (QED) is 0.814. The molecule has 0 aliphatic carbocycles. The molecule has 0 atom stereocenters. The fraction of sp³-hybridized carbons (Fsp3) is 0.267. The van der Waals surface area contributed by atoms with Gasteiger partial charge in [-0.25, -0.2) is 4.39 Å². The number of hydrogen-bond donors (Lipinski definition) is 0. The Bertz CT molecular complexity index is 736. The Kier molecular flexibility index (Phi) is 3.08. The lowest BCUT2D eigenvalue weighted by Gasteiger charge is -2.15. The van der Waals surface area contributed by atoms with Crippen LogP contribution in [0.1, 0.15) is 35.9 Å². The molecule has 1 aliphatic rings. The summed E-state index contributed by atoms with van der Waals surface area (Å²) >= 11 is 0. The van der Waals surface area contributed by atoms with Gasteiger partial charge in [-0.3, -0.25) is 19.2 Å². The summed E-state index contributed by atoms with van der Waals surface area (Å²) in [4.78, 5) is 25.1. The van der Waals surface area contributed by atoms with E-state index in [0.29, 0.717) is 5.69 Å². The Labute approximate surface area is 121 Å². The minimum absolute atomic E-state index is 0.0478. The van der Waals surface area contributed by atoms with Gasteiger partial charge in [0.25, 0.3) is 11.7 Å². The van der Waals surface area contributed by atoms with Crippen molar-refractivity contribution in [2.45, 2.75) is 26.4 Å². The van der Waals surface area contributed by atoms with Crippen LogP contribution in [0.25, 0.3) is 0 Å². The Balaban J connectivity index is 1.96. The van der Waals surface area contributed by atoms with Crippen molar-refractivity contribution in [3.63, 3.8) is 0 Å². The molecule has 3 rings (SSSR count). The van der Waals surface area contributed by atoms with Crippen molar-refractivity contribution in [2.75, 3.05) is 4.90 Å². The first kappa shape index (κ1) is 13.5. The van der Waals surface area contributed by atoms with Crippen molar-refractivity contribution in [1.82, 2.24) is 9.78 Å². The van der Waals surface area contributed by atoms with E-state index in [0.717, 1.165) is 4.90 Å². The van der Waals surface area contributed by atoms with Gasteiger partial charge in [-0.1, -0.05) is 6.07 Å². The molecule has 1 aromatic heterocycles. The van der Waals surface area contributed by atoms with Crippen molar-refractivity contribution >= 4 is 17.4 Å². The molecule has 0 spiro atoms. The highest BCUT2D eigenvalue weighted by Crippen LogP contribution is 2.32. The Morgan fingerprint density at radius 1 is 1.24 bits per heavy atom. The number of carbonyl (C=O) groups excluding carboxylic acids is 2. The minimum atomic E-state index is -0.714. The molecule has 0 saturated heterocycles. The zero-order valence-electron chi connectivity index (χ0n) is 11.7. The Morgan fingerprint density at radius 2 is 2.00 bits per heavy atom. The molecule has 108 valence electrons. The molecule has 1 aliphatic heterocycles. The number of carbonyl (C=O) groups is 2. The summed E-state index contributed by atoms with van der Waals surface area (Å²) in [7, 11) is 0. The highest BCUT2D eigenvalue weighted by molar-refractivity contribution is 6.52. The third-order valence-corrected chi connectivity index (χ3v) is 3.45. The standard InChI is InChI=1S/C15H14FN3O2/c1-9(2)19-7-6-10(17-19)8-18-13-11(14(20)15(18)21)4-3-5-12(13)16/h3-7,9H,8H2,1-2H3. The lowest BCUT2D eigenvalue weighted by molar-refractivity contribution is -0.114. The van der Waals surface area contributed by atoms with Crippen LogP contribution in [-0.4, -0.2) is 21.5 Å². The van der Waals surface area contributed by atoms with Gasteiger partial charge in [0.1, 0.15) is 5.82 Å². The van der Waals surface area contributed by atoms with Crippen LogP contribution in [0, 0.1) is 5.82 Å². The molecule has 6 heteroatoms. The van der Waals surface area contributed by atoms with Crippen molar-refractivity contribution in [3.8, 4) is 0 Å². The van der Waals surface area contributed by atoms with Crippen molar-refractivity contribution in [1.29, 1.82) is 0 Å². The molecular formula is C15H14FN3O2. The molecule has 0 fully saturated rings. The first-order chi connectivity index (χ1) is 9.99. The van der Waals surface area contributed by atoms with Gasteiger partial charge < -0.3 is 0 Å². The SMILES string of the molecule is CC(C)n1ccc(CN2C(=O)C(=O)c3cccc(F)c32)n1. The average molecular weight is 287 g/mol. The number of nitrogens with zero attached hydrogens (tertiary/aromatic N) is 3. The maximum Gasteiger partial charge on any atom is 0.299 e. The van der Waals surface area contributed by atoms with Crippen molar-refractivity contribution in [3.05, 3.63) is 47.5 Å². The van der Waals surface area contributed by atoms with Gasteiger partial charge in [-0.2, -0.15) is 5.10 Å². The van der Waals surface area contributed by atoms with Crippen LogP contribution >= 0.6 is 0 Å². The van der Waals surface area contributed by atoms with E-state index in [1.54, 1.807) is 16.9 Å². The lowest BCUT2D eigenvalue weighted by Crippen LogP contribution is -2.29. The first-order valence-electron chi connectivity index (χ1n) is 6.67. The Hall–Kier alpha value is -2.50. The van der Waals surface area contributed by atoms with E-state index in [1.165, 1.54) is 18.2 Å². The summed E-state index contributed by atoms with van der Waals surface area (Å²) in [5.41, 5.74) is 0.774. The number of aromatic nitrogens is 2. The number of anilines is 1. The zero-order valence-corrected chi connectivity index (χ0v) is 11.7.